The van der Waals surface area contributed by atoms with Gasteiger partial charge in [-0.05, 0) is 36.8 Å². The average Bonchev–Trinajstić information content (AvgIpc) is 3.39. The van der Waals surface area contributed by atoms with E-state index in [2.05, 4.69) is 110 Å². The fourth-order valence-corrected chi connectivity index (χ4v) is 6.95. The zero-order chi connectivity index (χ0) is 19.5. The van der Waals surface area contributed by atoms with E-state index in [1.165, 1.54) is 15.4 Å². The SMILES string of the molecule is CC(C)P1C(C)N1C(=Nc1ccccc1Sc1ccccc1)c1ccccc1. The van der Waals surface area contributed by atoms with Gasteiger partial charge in [-0.3, -0.25) is 0 Å². The molecule has 0 bridgehead atoms. The Balaban J connectivity index is 1.74. The van der Waals surface area contributed by atoms with Crippen molar-refractivity contribution in [1.29, 1.82) is 0 Å². The number of amidine groups is 1. The third-order valence-corrected chi connectivity index (χ3v) is 8.70. The van der Waals surface area contributed by atoms with Crippen LogP contribution in [0.25, 0.3) is 0 Å². The molecule has 1 heterocycles. The molecular formula is C24H25N2PS. The topological polar surface area (TPSA) is 15.4 Å². The molecule has 2 unspecified atom stereocenters. The molecule has 142 valence electrons. The highest BCUT2D eigenvalue weighted by Gasteiger charge is 2.48. The summed E-state index contributed by atoms with van der Waals surface area (Å²) in [5.74, 6) is 1.69. The molecule has 0 radical (unpaired) electrons. The Morgan fingerprint density at radius 1 is 0.893 bits per heavy atom. The summed E-state index contributed by atoms with van der Waals surface area (Å²) in [6, 6.07) is 29.6. The molecule has 0 N–H and O–H groups in total. The normalized spacial score (nSPS) is 19.1. The molecular weight excluding hydrogens is 379 g/mol. The first-order chi connectivity index (χ1) is 13.6. The van der Waals surface area contributed by atoms with Gasteiger partial charge in [0, 0.05) is 23.4 Å². The molecule has 1 saturated heterocycles. The molecule has 4 rings (SSSR count). The summed E-state index contributed by atoms with van der Waals surface area (Å²) in [4.78, 5) is 7.63. The minimum absolute atomic E-state index is 0.155. The highest BCUT2D eigenvalue weighted by Crippen LogP contribution is 2.68. The van der Waals surface area contributed by atoms with Gasteiger partial charge in [-0.1, -0.05) is 86.3 Å². The predicted molar refractivity (Wildman–Crippen MR) is 123 cm³/mol. The Morgan fingerprint density at radius 3 is 2.14 bits per heavy atom. The summed E-state index contributed by atoms with van der Waals surface area (Å²) in [5.41, 5.74) is 2.90. The molecule has 0 aliphatic carbocycles. The Kier molecular flexibility index (Phi) is 5.85. The fraction of sp³-hybridized carbons (Fsp3) is 0.208. The number of benzene rings is 3. The number of para-hydroxylation sites is 1. The van der Waals surface area contributed by atoms with Crippen LogP contribution < -0.4 is 0 Å². The van der Waals surface area contributed by atoms with E-state index < -0.39 is 0 Å². The summed E-state index contributed by atoms with van der Waals surface area (Å²) < 4.78 is 2.53. The Hall–Kier alpha value is -2.09. The van der Waals surface area contributed by atoms with E-state index in [9.17, 15) is 0 Å². The largest absolute Gasteiger partial charge is 0.324 e. The molecule has 28 heavy (non-hydrogen) atoms. The van der Waals surface area contributed by atoms with Gasteiger partial charge in [-0.25, -0.2) is 4.99 Å². The van der Waals surface area contributed by atoms with E-state index >= 15 is 0 Å². The highest BCUT2D eigenvalue weighted by molar-refractivity contribution is 7.99. The predicted octanol–water partition coefficient (Wildman–Crippen LogP) is 7.38. The molecule has 4 heteroatoms. The first-order valence-electron chi connectivity index (χ1n) is 9.68. The smallest absolute Gasteiger partial charge is 0.140 e. The van der Waals surface area contributed by atoms with Crippen molar-refractivity contribution in [3.63, 3.8) is 0 Å². The van der Waals surface area contributed by atoms with Crippen molar-refractivity contribution in [1.82, 2.24) is 4.67 Å². The molecule has 0 saturated carbocycles. The third-order valence-electron chi connectivity index (χ3n) is 4.77. The summed E-state index contributed by atoms with van der Waals surface area (Å²) in [7, 11) is -0.155. The molecule has 0 spiro atoms. The van der Waals surface area contributed by atoms with Crippen LogP contribution in [0.5, 0.6) is 0 Å². The second-order valence-corrected chi connectivity index (χ2v) is 11.2. The van der Waals surface area contributed by atoms with Crippen LogP contribution in [-0.2, 0) is 0 Å². The van der Waals surface area contributed by atoms with E-state index in [0.717, 1.165) is 11.5 Å². The highest BCUT2D eigenvalue weighted by atomic mass is 32.2. The Bertz CT molecular complexity index is 957. The minimum atomic E-state index is -0.155. The van der Waals surface area contributed by atoms with Crippen molar-refractivity contribution < 1.29 is 0 Å². The maximum absolute atomic E-state index is 5.21. The van der Waals surface area contributed by atoms with E-state index in [1.54, 1.807) is 11.8 Å². The molecule has 0 aromatic heterocycles. The zero-order valence-corrected chi connectivity index (χ0v) is 18.2. The molecule has 1 aliphatic heterocycles. The fourth-order valence-electron chi connectivity index (χ4n) is 3.45. The summed E-state index contributed by atoms with van der Waals surface area (Å²) in [6.45, 7) is 6.98. The Morgan fingerprint density at radius 2 is 1.50 bits per heavy atom. The molecule has 1 aliphatic rings. The minimum Gasteiger partial charge on any atom is -0.324 e. The maximum Gasteiger partial charge on any atom is 0.140 e. The van der Waals surface area contributed by atoms with Gasteiger partial charge < -0.3 is 4.67 Å². The number of aliphatic imine (C=N–C) groups is 1. The molecule has 0 amide bonds. The van der Waals surface area contributed by atoms with E-state index in [4.69, 9.17) is 4.99 Å². The monoisotopic (exact) mass is 404 g/mol. The quantitative estimate of drug-likeness (QED) is 0.191. The molecule has 1 fully saturated rings. The summed E-state index contributed by atoms with van der Waals surface area (Å²) >= 11 is 1.77. The van der Waals surface area contributed by atoms with E-state index in [0.29, 0.717) is 11.4 Å². The van der Waals surface area contributed by atoms with Gasteiger partial charge in [0.25, 0.3) is 0 Å². The summed E-state index contributed by atoms with van der Waals surface area (Å²) in [6.07, 6.45) is 0. The first-order valence-corrected chi connectivity index (χ1v) is 11.9. The van der Waals surface area contributed by atoms with Crippen molar-refractivity contribution in [3.8, 4) is 0 Å². The molecule has 2 atom stereocenters. The maximum atomic E-state index is 5.21. The van der Waals surface area contributed by atoms with Crippen molar-refractivity contribution in [2.75, 3.05) is 0 Å². The lowest BCUT2D eigenvalue weighted by molar-refractivity contribution is 0.789. The van der Waals surface area contributed by atoms with E-state index in [-0.39, 0.29) is 8.07 Å². The van der Waals surface area contributed by atoms with Gasteiger partial charge in [-0.15, -0.1) is 0 Å². The van der Waals surface area contributed by atoms with Crippen LogP contribution in [0.15, 0.2) is 99.7 Å². The lowest BCUT2D eigenvalue weighted by Gasteiger charge is -2.13. The van der Waals surface area contributed by atoms with Crippen molar-refractivity contribution in [3.05, 3.63) is 90.5 Å². The summed E-state index contributed by atoms with van der Waals surface area (Å²) in [5, 5.41) is 0. The van der Waals surface area contributed by atoms with Crippen molar-refractivity contribution in [2.45, 2.75) is 42.0 Å². The molecule has 2 nitrogen and oxygen atoms in total. The van der Waals surface area contributed by atoms with Gasteiger partial charge in [0.1, 0.15) is 5.84 Å². The average molecular weight is 405 g/mol. The van der Waals surface area contributed by atoms with Gasteiger partial charge in [0.15, 0.2) is 0 Å². The first kappa shape index (κ1) is 19.2. The lowest BCUT2D eigenvalue weighted by Crippen LogP contribution is -2.13. The van der Waals surface area contributed by atoms with Crippen LogP contribution in [0.4, 0.5) is 5.69 Å². The van der Waals surface area contributed by atoms with E-state index in [1.807, 2.05) is 0 Å². The van der Waals surface area contributed by atoms with Gasteiger partial charge in [-0.2, -0.15) is 0 Å². The van der Waals surface area contributed by atoms with Crippen molar-refractivity contribution >= 4 is 31.4 Å². The second kappa shape index (κ2) is 8.51. The van der Waals surface area contributed by atoms with Gasteiger partial charge >= 0.3 is 0 Å². The van der Waals surface area contributed by atoms with Crippen LogP contribution in [0.2, 0.25) is 0 Å². The Labute approximate surface area is 173 Å². The van der Waals surface area contributed by atoms with Crippen LogP contribution in [0.3, 0.4) is 0 Å². The van der Waals surface area contributed by atoms with Crippen LogP contribution in [0, 0.1) is 0 Å². The molecule has 3 aromatic carbocycles. The van der Waals surface area contributed by atoms with Crippen LogP contribution >= 0.6 is 19.8 Å². The third kappa shape index (κ3) is 4.16. The second-order valence-electron chi connectivity index (χ2n) is 7.13. The van der Waals surface area contributed by atoms with Crippen LogP contribution in [-0.4, -0.2) is 21.9 Å². The van der Waals surface area contributed by atoms with Gasteiger partial charge in [0.2, 0.25) is 0 Å². The lowest BCUT2D eigenvalue weighted by atomic mass is 10.2. The number of hydrogen-bond acceptors (Lipinski definition) is 2. The number of nitrogens with zero attached hydrogens (tertiary/aromatic N) is 2. The van der Waals surface area contributed by atoms with Crippen molar-refractivity contribution in [2.24, 2.45) is 4.99 Å². The number of hydrogen-bond donors (Lipinski definition) is 0. The standard InChI is InChI=1S/C24H25N2PS/c1-18(2)27-19(3)26(27)24(20-12-6-4-7-13-20)25-22-16-10-11-17-23(22)28-21-14-8-5-9-15-21/h4-19H,1-3H3. The number of rotatable bonds is 5. The van der Waals surface area contributed by atoms with Gasteiger partial charge in [0.05, 0.1) is 11.5 Å². The van der Waals surface area contributed by atoms with Crippen LogP contribution in [0.1, 0.15) is 26.3 Å². The molecule has 3 aromatic rings. The zero-order valence-electron chi connectivity index (χ0n) is 16.5.